The fourth-order valence-corrected chi connectivity index (χ4v) is 3.31. The van der Waals surface area contributed by atoms with E-state index in [4.69, 9.17) is 0 Å². The average Bonchev–Trinajstić information content (AvgIpc) is 2.75. The second kappa shape index (κ2) is 4.65. The van der Waals surface area contributed by atoms with Crippen LogP contribution in [0, 0.1) is 5.41 Å². The van der Waals surface area contributed by atoms with Gasteiger partial charge in [-0.05, 0) is 24.3 Å². The monoisotopic (exact) mass is 270 g/mol. The summed E-state index contributed by atoms with van der Waals surface area (Å²) in [5.41, 5.74) is 2.30. The number of hydrogen-bond acceptors (Lipinski definition) is 2. The van der Waals surface area contributed by atoms with Crippen molar-refractivity contribution >= 4 is 16.6 Å². The second-order valence-electron chi connectivity index (χ2n) is 6.55. The Morgan fingerprint density at radius 3 is 2.75 bits per heavy atom. The first-order valence-electron chi connectivity index (χ1n) is 7.34. The highest BCUT2D eigenvalue weighted by atomic mass is 16.1. The zero-order chi connectivity index (χ0) is 14.3. The highest BCUT2D eigenvalue weighted by Crippen LogP contribution is 2.39. The summed E-state index contributed by atoms with van der Waals surface area (Å²) >= 11 is 0. The third kappa shape index (κ3) is 2.11. The number of nitrogens with zero attached hydrogens (tertiary/aromatic N) is 1. The number of aromatic nitrogens is 1. The van der Waals surface area contributed by atoms with E-state index in [1.165, 1.54) is 19.3 Å². The molecule has 1 aromatic heterocycles. The Labute approximate surface area is 119 Å². The van der Waals surface area contributed by atoms with Gasteiger partial charge in [0.2, 0.25) is 0 Å². The molecule has 0 amide bonds. The van der Waals surface area contributed by atoms with Crippen molar-refractivity contribution in [3.8, 4) is 0 Å². The van der Waals surface area contributed by atoms with E-state index in [0.29, 0.717) is 11.5 Å². The van der Waals surface area contributed by atoms with E-state index in [9.17, 15) is 4.79 Å². The van der Waals surface area contributed by atoms with Crippen LogP contribution in [0.15, 0.2) is 35.1 Å². The Morgan fingerprint density at radius 1 is 1.30 bits per heavy atom. The summed E-state index contributed by atoms with van der Waals surface area (Å²) in [4.78, 5) is 12.1. The van der Waals surface area contributed by atoms with Gasteiger partial charge >= 0.3 is 0 Å². The van der Waals surface area contributed by atoms with Gasteiger partial charge in [-0.1, -0.05) is 38.5 Å². The molecule has 0 spiro atoms. The fourth-order valence-electron chi connectivity index (χ4n) is 3.31. The lowest BCUT2D eigenvalue weighted by Crippen LogP contribution is -2.31. The van der Waals surface area contributed by atoms with Gasteiger partial charge in [-0.2, -0.15) is 0 Å². The van der Waals surface area contributed by atoms with Crippen LogP contribution in [-0.2, 0) is 7.05 Å². The lowest BCUT2D eigenvalue weighted by atomic mass is 9.87. The molecule has 1 saturated carbocycles. The van der Waals surface area contributed by atoms with E-state index < -0.39 is 0 Å². The van der Waals surface area contributed by atoms with Crippen LogP contribution in [0.1, 0.15) is 33.1 Å². The lowest BCUT2D eigenvalue weighted by molar-refractivity contribution is 0.350. The third-order valence-electron chi connectivity index (χ3n) is 4.74. The maximum Gasteiger partial charge on any atom is 0.252 e. The summed E-state index contributed by atoms with van der Waals surface area (Å²) in [5.74, 6) is 0. The van der Waals surface area contributed by atoms with Gasteiger partial charge in [-0.25, -0.2) is 0 Å². The number of rotatable bonds is 2. The van der Waals surface area contributed by atoms with Gasteiger partial charge in [0.1, 0.15) is 0 Å². The number of benzene rings is 1. The summed E-state index contributed by atoms with van der Waals surface area (Å²) in [5, 5.41) is 4.75. The molecule has 0 aliphatic heterocycles. The van der Waals surface area contributed by atoms with E-state index >= 15 is 0 Å². The SMILES string of the molecule is Cn1c(=O)cc(NC2CCCC2(C)C)c2ccccc21. The number of para-hydroxylation sites is 1. The molecule has 1 fully saturated rings. The first-order valence-corrected chi connectivity index (χ1v) is 7.34. The molecule has 3 heteroatoms. The molecule has 1 aromatic carbocycles. The number of nitrogens with one attached hydrogen (secondary N) is 1. The molecular formula is C17H22N2O. The van der Waals surface area contributed by atoms with Gasteiger partial charge in [-0.3, -0.25) is 4.79 Å². The van der Waals surface area contributed by atoms with Gasteiger partial charge < -0.3 is 9.88 Å². The Kier molecular flexibility index (Phi) is 3.08. The largest absolute Gasteiger partial charge is 0.381 e. The Morgan fingerprint density at radius 2 is 2.05 bits per heavy atom. The molecule has 0 radical (unpaired) electrons. The minimum Gasteiger partial charge on any atom is -0.381 e. The molecule has 1 N–H and O–H groups in total. The predicted molar refractivity (Wildman–Crippen MR) is 84.2 cm³/mol. The molecule has 3 rings (SSSR count). The molecular weight excluding hydrogens is 248 g/mol. The van der Waals surface area contributed by atoms with Gasteiger partial charge in [-0.15, -0.1) is 0 Å². The summed E-state index contributed by atoms with van der Waals surface area (Å²) in [6, 6.07) is 10.3. The summed E-state index contributed by atoms with van der Waals surface area (Å²) < 4.78 is 1.71. The Hall–Kier alpha value is -1.77. The van der Waals surface area contributed by atoms with Crippen molar-refractivity contribution in [1.82, 2.24) is 4.57 Å². The number of fused-ring (bicyclic) bond motifs is 1. The van der Waals surface area contributed by atoms with Crippen LogP contribution in [0.3, 0.4) is 0 Å². The molecule has 1 unspecified atom stereocenters. The van der Waals surface area contributed by atoms with Crippen molar-refractivity contribution in [2.45, 2.75) is 39.2 Å². The summed E-state index contributed by atoms with van der Waals surface area (Å²) in [7, 11) is 1.83. The smallest absolute Gasteiger partial charge is 0.252 e. The van der Waals surface area contributed by atoms with Crippen molar-refractivity contribution in [2.75, 3.05) is 5.32 Å². The zero-order valence-corrected chi connectivity index (χ0v) is 12.4. The molecule has 0 saturated heterocycles. The van der Waals surface area contributed by atoms with Gasteiger partial charge in [0.05, 0.1) is 5.52 Å². The van der Waals surface area contributed by atoms with Crippen LogP contribution >= 0.6 is 0 Å². The number of anilines is 1. The molecule has 20 heavy (non-hydrogen) atoms. The van der Waals surface area contributed by atoms with Crippen molar-refractivity contribution in [3.05, 3.63) is 40.7 Å². The zero-order valence-electron chi connectivity index (χ0n) is 12.4. The topological polar surface area (TPSA) is 34.0 Å². The minimum absolute atomic E-state index is 0.0435. The molecule has 1 atom stereocenters. The highest BCUT2D eigenvalue weighted by Gasteiger charge is 2.34. The Balaban J connectivity index is 2.08. The summed E-state index contributed by atoms with van der Waals surface area (Å²) in [6.45, 7) is 4.61. The van der Waals surface area contributed by atoms with Crippen molar-refractivity contribution in [2.24, 2.45) is 12.5 Å². The fraction of sp³-hybridized carbons (Fsp3) is 0.471. The molecule has 1 aliphatic rings. The predicted octanol–water partition coefficient (Wildman–Crippen LogP) is 3.53. The first kappa shape index (κ1) is 13.2. The van der Waals surface area contributed by atoms with E-state index in [-0.39, 0.29) is 5.56 Å². The Bertz CT molecular complexity index is 700. The molecule has 1 aliphatic carbocycles. The molecule has 1 heterocycles. The maximum atomic E-state index is 12.1. The van der Waals surface area contributed by atoms with Crippen LogP contribution in [0.25, 0.3) is 10.9 Å². The average molecular weight is 270 g/mol. The standard InChI is InChI=1S/C17H22N2O/c1-17(2)10-6-9-15(17)18-13-11-16(20)19(3)14-8-5-4-7-12(13)14/h4-5,7-8,11,15,18H,6,9-10H2,1-3H3. The van der Waals surface area contributed by atoms with E-state index in [1.54, 1.807) is 10.6 Å². The van der Waals surface area contributed by atoms with Crippen LogP contribution < -0.4 is 10.9 Å². The molecule has 3 nitrogen and oxygen atoms in total. The van der Waals surface area contributed by atoms with Crippen molar-refractivity contribution in [3.63, 3.8) is 0 Å². The number of aryl methyl sites for hydroxylation is 1. The van der Waals surface area contributed by atoms with Crippen molar-refractivity contribution in [1.29, 1.82) is 0 Å². The van der Waals surface area contributed by atoms with Gasteiger partial charge in [0, 0.05) is 30.2 Å². The molecule has 0 bridgehead atoms. The highest BCUT2D eigenvalue weighted by molar-refractivity contribution is 5.91. The van der Waals surface area contributed by atoms with Gasteiger partial charge in [0.15, 0.2) is 0 Å². The third-order valence-corrected chi connectivity index (χ3v) is 4.74. The van der Waals surface area contributed by atoms with Crippen LogP contribution in [0.5, 0.6) is 0 Å². The molecule has 2 aromatic rings. The van der Waals surface area contributed by atoms with Crippen LogP contribution in [0.2, 0.25) is 0 Å². The minimum atomic E-state index is 0.0435. The van der Waals surface area contributed by atoms with Crippen LogP contribution in [-0.4, -0.2) is 10.6 Å². The first-order chi connectivity index (χ1) is 9.49. The van der Waals surface area contributed by atoms with E-state index in [1.807, 2.05) is 25.2 Å². The second-order valence-corrected chi connectivity index (χ2v) is 6.55. The van der Waals surface area contributed by atoms with E-state index in [0.717, 1.165) is 16.6 Å². The van der Waals surface area contributed by atoms with Gasteiger partial charge in [0.25, 0.3) is 5.56 Å². The number of pyridine rings is 1. The quantitative estimate of drug-likeness (QED) is 0.905. The van der Waals surface area contributed by atoms with E-state index in [2.05, 4.69) is 25.2 Å². The normalized spacial score (nSPS) is 21.2. The maximum absolute atomic E-state index is 12.1. The van der Waals surface area contributed by atoms with Crippen LogP contribution in [0.4, 0.5) is 5.69 Å². The number of hydrogen-bond donors (Lipinski definition) is 1. The lowest BCUT2D eigenvalue weighted by Gasteiger charge is -2.29. The summed E-state index contributed by atoms with van der Waals surface area (Å²) in [6.07, 6.45) is 3.68. The van der Waals surface area contributed by atoms with Crippen molar-refractivity contribution < 1.29 is 0 Å². The molecule has 106 valence electrons.